The van der Waals surface area contributed by atoms with Crippen LogP contribution >= 0.6 is 22.9 Å². The number of hydrogen-bond acceptors (Lipinski definition) is 6. The molecule has 1 fully saturated rings. The average Bonchev–Trinajstić information content (AvgIpc) is 3.23. The lowest BCUT2D eigenvalue weighted by Gasteiger charge is -2.27. The number of rotatable bonds is 8. The van der Waals surface area contributed by atoms with E-state index in [1.54, 1.807) is 6.07 Å². The number of carbonyl (C=O) groups is 4. The van der Waals surface area contributed by atoms with Crippen LogP contribution in [0.15, 0.2) is 30.3 Å². The van der Waals surface area contributed by atoms with Gasteiger partial charge in [0.1, 0.15) is 12.6 Å². The number of benzene rings is 1. The number of amides is 4. The maximum atomic E-state index is 13.8. The molecule has 0 aliphatic carbocycles. The number of nitrogens with one attached hydrogen (secondary N) is 3. The van der Waals surface area contributed by atoms with Crippen LogP contribution in [0.4, 0.5) is 20.2 Å². The Kier molecular flexibility index (Phi) is 8.53. The van der Waals surface area contributed by atoms with Crippen LogP contribution in [0.3, 0.4) is 0 Å². The Morgan fingerprint density at radius 1 is 1.24 bits per heavy atom. The summed E-state index contributed by atoms with van der Waals surface area (Å²) in [5.41, 5.74) is -0.429. The van der Waals surface area contributed by atoms with Gasteiger partial charge in [0.25, 0.3) is 18.2 Å². The Morgan fingerprint density at radius 2 is 2.00 bits per heavy atom. The van der Waals surface area contributed by atoms with Gasteiger partial charge in [0.2, 0.25) is 11.8 Å². The third-order valence-electron chi connectivity index (χ3n) is 4.78. The van der Waals surface area contributed by atoms with E-state index in [9.17, 15) is 28.0 Å². The van der Waals surface area contributed by atoms with Gasteiger partial charge < -0.3 is 25.6 Å². The minimum absolute atomic E-state index is 0.149. The third-order valence-corrected chi connectivity index (χ3v) is 6.01. The highest BCUT2D eigenvalue weighted by molar-refractivity contribution is 7.18. The van der Waals surface area contributed by atoms with Gasteiger partial charge in [-0.15, -0.1) is 11.3 Å². The first-order valence-electron chi connectivity index (χ1n) is 10.1. The molecule has 4 amide bonds. The van der Waals surface area contributed by atoms with Crippen LogP contribution in [0, 0.1) is 0 Å². The molecule has 9 nitrogen and oxygen atoms in total. The summed E-state index contributed by atoms with van der Waals surface area (Å²) in [5, 5.41) is 7.27. The molecular weight excluding hydrogens is 494 g/mol. The van der Waals surface area contributed by atoms with Gasteiger partial charge >= 0.3 is 0 Å². The number of carbonyl (C=O) groups excluding carboxylic acids is 4. The smallest absolute Gasteiger partial charge is 0.265 e. The number of halogens is 3. The molecule has 2 heterocycles. The van der Waals surface area contributed by atoms with Gasteiger partial charge in [-0.1, -0.05) is 11.6 Å². The van der Waals surface area contributed by atoms with Crippen LogP contribution in [-0.4, -0.2) is 56.0 Å². The highest BCUT2D eigenvalue weighted by atomic mass is 35.5. The fraction of sp³-hybridized carbons (Fsp3) is 0.333. The molecular formula is C21H21ClF2N4O5S. The number of ether oxygens (including phenoxy) is 1. The van der Waals surface area contributed by atoms with E-state index >= 15 is 0 Å². The van der Waals surface area contributed by atoms with E-state index < -0.39 is 35.8 Å². The molecule has 1 aliphatic heterocycles. The summed E-state index contributed by atoms with van der Waals surface area (Å²) in [6, 6.07) is 5.63. The zero-order chi connectivity index (χ0) is 24.8. The zero-order valence-corrected chi connectivity index (χ0v) is 19.5. The number of anilines is 2. The van der Waals surface area contributed by atoms with Gasteiger partial charge in [0, 0.05) is 37.0 Å². The predicted octanol–water partition coefficient (Wildman–Crippen LogP) is 2.58. The standard InChI is InChI=1S/C21H21ClF2N4O5S/c1-11(29)26-15(9-25-21(32)16-4-5-17(22)34-16)20(31)27-14-3-2-12(8-13(14)19(23)24)28-6-7-33-10-18(28)30/h2-5,8,15,19H,6-7,9-10H2,1H3,(H,25,32)(H,26,29)(H,27,31)/t15-/m0/s1. The van der Waals surface area contributed by atoms with E-state index in [0.29, 0.717) is 9.21 Å². The lowest BCUT2D eigenvalue weighted by atomic mass is 10.1. The monoisotopic (exact) mass is 514 g/mol. The van der Waals surface area contributed by atoms with E-state index in [4.69, 9.17) is 16.3 Å². The van der Waals surface area contributed by atoms with Crippen LogP contribution in [0.1, 0.15) is 28.6 Å². The number of thiophene rings is 1. The molecule has 1 atom stereocenters. The van der Waals surface area contributed by atoms with E-state index in [1.165, 1.54) is 30.0 Å². The second kappa shape index (κ2) is 11.4. The molecule has 0 unspecified atom stereocenters. The van der Waals surface area contributed by atoms with Gasteiger partial charge in [0.05, 0.1) is 15.8 Å². The molecule has 3 rings (SSSR count). The molecule has 0 spiro atoms. The van der Waals surface area contributed by atoms with Crippen molar-refractivity contribution in [3.8, 4) is 0 Å². The molecule has 1 aromatic heterocycles. The summed E-state index contributed by atoms with van der Waals surface area (Å²) in [6.45, 7) is 1.23. The Labute approximate surface area is 202 Å². The molecule has 1 aliphatic rings. The van der Waals surface area contributed by atoms with Crippen LogP contribution < -0.4 is 20.9 Å². The summed E-state index contributed by atoms with van der Waals surface area (Å²) >= 11 is 6.85. The van der Waals surface area contributed by atoms with Crippen LogP contribution in [0.2, 0.25) is 4.34 Å². The molecule has 34 heavy (non-hydrogen) atoms. The van der Waals surface area contributed by atoms with Crippen molar-refractivity contribution < 1.29 is 32.7 Å². The number of morpholine rings is 1. The van der Waals surface area contributed by atoms with E-state index in [0.717, 1.165) is 17.4 Å². The minimum Gasteiger partial charge on any atom is -0.370 e. The predicted molar refractivity (Wildman–Crippen MR) is 122 cm³/mol. The lowest BCUT2D eigenvalue weighted by Crippen LogP contribution is -2.50. The van der Waals surface area contributed by atoms with Gasteiger partial charge in [-0.05, 0) is 30.3 Å². The van der Waals surface area contributed by atoms with E-state index in [-0.39, 0.29) is 43.6 Å². The second-order valence-electron chi connectivity index (χ2n) is 7.23. The number of nitrogens with zero attached hydrogens (tertiary/aromatic N) is 1. The van der Waals surface area contributed by atoms with E-state index in [2.05, 4.69) is 16.0 Å². The lowest BCUT2D eigenvalue weighted by molar-refractivity contribution is -0.125. The summed E-state index contributed by atoms with van der Waals surface area (Å²) in [5.74, 6) is -2.23. The van der Waals surface area contributed by atoms with Crippen LogP contribution in [0.5, 0.6) is 0 Å². The van der Waals surface area contributed by atoms with Gasteiger partial charge in [0.15, 0.2) is 0 Å². The normalized spacial score (nSPS) is 14.6. The molecule has 0 bridgehead atoms. The van der Waals surface area contributed by atoms with E-state index in [1.807, 2.05) is 0 Å². The highest BCUT2D eigenvalue weighted by Crippen LogP contribution is 2.32. The van der Waals surface area contributed by atoms with Gasteiger partial charge in [-0.3, -0.25) is 19.2 Å². The SMILES string of the molecule is CC(=O)N[C@@H](CNC(=O)c1ccc(Cl)s1)C(=O)Nc1ccc(N2CCOCC2=O)cc1C(F)F. The number of hydrogen-bond donors (Lipinski definition) is 3. The first-order valence-corrected chi connectivity index (χ1v) is 11.3. The Bertz CT molecular complexity index is 1100. The fourth-order valence-corrected chi connectivity index (χ4v) is 4.16. The van der Waals surface area contributed by atoms with Gasteiger partial charge in [-0.25, -0.2) is 8.78 Å². The van der Waals surface area contributed by atoms with Crippen molar-refractivity contribution in [2.45, 2.75) is 19.4 Å². The average molecular weight is 515 g/mol. The highest BCUT2D eigenvalue weighted by Gasteiger charge is 2.26. The molecule has 182 valence electrons. The molecule has 1 saturated heterocycles. The fourth-order valence-electron chi connectivity index (χ4n) is 3.20. The zero-order valence-electron chi connectivity index (χ0n) is 17.9. The summed E-state index contributed by atoms with van der Waals surface area (Å²) in [4.78, 5) is 50.3. The summed E-state index contributed by atoms with van der Waals surface area (Å²) in [7, 11) is 0. The first kappa shape index (κ1) is 25.5. The third kappa shape index (κ3) is 6.49. The van der Waals surface area contributed by atoms with Crippen molar-refractivity contribution in [1.82, 2.24) is 10.6 Å². The molecule has 2 aromatic rings. The Balaban J connectivity index is 1.74. The van der Waals surface area contributed by atoms with Crippen molar-refractivity contribution in [3.63, 3.8) is 0 Å². The van der Waals surface area contributed by atoms with Crippen molar-refractivity contribution in [2.75, 3.05) is 36.5 Å². The minimum atomic E-state index is -2.95. The van der Waals surface area contributed by atoms with Gasteiger partial charge in [-0.2, -0.15) is 0 Å². The van der Waals surface area contributed by atoms with Crippen molar-refractivity contribution >= 4 is 57.9 Å². The Hall–Kier alpha value is -3.09. The molecule has 13 heteroatoms. The molecule has 1 aromatic carbocycles. The summed E-state index contributed by atoms with van der Waals surface area (Å²) < 4.78 is 33.0. The van der Waals surface area contributed by atoms with Crippen molar-refractivity contribution in [1.29, 1.82) is 0 Å². The molecule has 3 N–H and O–H groups in total. The maximum Gasteiger partial charge on any atom is 0.265 e. The van der Waals surface area contributed by atoms with Crippen molar-refractivity contribution in [3.05, 3.63) is 45.1 Å². The molecule has 0 saturated carbocycles. The Morgan fingerprint density at radius 3 is 2.62 bits per heavy atom. The van der Waals surface area contributed by atoms with Crippen molar-refractivity contribution in [2.24, 2.45) is 0 Å². The number of alkyl halides is 2. The largest absolute Gasteiger partial charge is 0.370 e. The summed E-state index contributed by atoms with van der Waals surface area (Å²) in [6.07, 6.45) is -2.95. The van der Waals surface area contributed by atoms with Crippen LogP contribution in [0.25, 0.3) is 0 Å². The second-order valence-corrected chi connectivity index (χ2v) is 8.94. The first-order chi connectivity index (χ1) is 16.2. The quantitative estimate of drug-likeness (QED) is 0.500. The maximum absolute atomic E-state index is 13.8. The topological polar surface area (TPSA) is 117 Å². The molecule has 0 radical (unpaired) electrons. The van der Waals surface area contributed by atoms with Crippen LogP contribution in [-0.2, 0) is 19.1 Å².